The molecule has 0 radical (unpaired) electrons. The Labute approximate surface area is 114 Å². The summed E-state index contributed by atoms with van der Waals surface area (Å²) in [6.07, 6.45) is 0.554. The van der Waals surface area contributed by atoms with Crippen LogP contribution < -0.4 is 15.4 Å². The highest BCUT2D eigenvalue weighted by atomic mass is 32.1. The first-order valence-corrected chi connectivity index (χ1v) is 6.62. The Kier molecular flexibility index (Phi) is 3.84. The summed E-state index contributed by atoms with van der Waals surface area (Å²) < 4.78 is 5.12. The first-order valence-electron chi connectivity index (χ1n) is 5.80. The number of hydrogen-bond donors (Lipinski definition) is 2. The largest absolute Gasteiger partial charge is 0.487 e. The third-order valence-corrected chi connectivity index (χ3v) is 3.81. The number of ether oxygens (including phenoxy) is 1. The molecule has 1 unspecified atom stereocenters. The maximum Gasteiger partial charge on any atom is 0.256 e. The van der Waals surface area contributed by atoms with Crippen molar-refractivity contribution in [3.05, 3.63) is 16.5 Å². The molecule has 1 aliphatic rings. The fourth-order valence-corrected chi connectivity index (χ4v) is 2.68. The van der Waals surface area contributed by atoms with Gasteiger partial charge in [0.25, 0.3) is 5.91 Å². The van der Waals surface area contributed by atoms with E-state index in [0.717, 1.165) is 4.88 Å². The van der Waals surface area contributed by atoms with E-state index in [1.54, 1.807) is 6.07 Å². The van der Waals surface area contributed by atoms with Gasteiger partial charge in [-0.25, -0.2) is 0 Å². The van der Waals surface area contributed by atoms with E-state index in [9.17, 15) is 14.4 Å². The maximum absolute atomic E-state index is 12.1. The maximum atomic E-state index is 12.1. The number of nitrogens with one attached hydrogen (secondary N) is 2. The van der Waals surface area contributed by atoms with Crippen LogP contribution in [0.1, 0.15) is 28.1 Å². The van der Waals surface area contributed by atoms with Gasteiger partial charge in [-0.1, -0.05) is 0 Å². The molecule has 2 rings (SSSR count). The van der Waals surface area contributed by atoms with Crippen molar-refractivity contribution < 1.29 is 19.1 Å². The molecule has 2 heterocycles. The van der Waals surface area contributed by atoms with Gasteiger partial charge in [0.15, 0.2) is 5.06 Å². The minimum absolute atomic E-state index is 0.233. The van der Waals surface area contributed by atoms with Crippen molar-refractivity contribution in [1.29, 1.82) is 0 Å². The zero-order valence-electron chi connectivity index (χ0n) is 10.6. The highest BCUT2D eigenvalue weighted by molar-refractivity contribution is 7.14. The number of thiophene rings is 1. The number of imide groups is 1. The Bertz CT molecular complexity index is 538. The van der Waals surface area contributed by atoms with E-state index in [1.807, 2.05) is 6.92 Å². The molecule has 102 valence electrons. The van der Waals surface area contributed by atoms with Crippen LogP contribution in [0.4, 0.5) is 0 Å². The summed E-state index contributed by atoms with van der Waals surface area (Å²) in [7, 11) is 1.49. The SMILES string of the molecule is COc1sc(C)cc1C(=O)NC1CCC(=O)NC1=O. The molecule has 6 nitrogen and oxygen atoms in total. The van der Waals surface area contributed by atoms with Gasteiger partial charge in [-0.2, -0.15) is 0 Å². The third kappa shape index (κ3) is 2.93. The molecule has 0 spiro atoms. The van der Waals surface area contributed by atoms with Crippen LogP contribution in [0, 0.1) is 6.92 Å². The van der Waals surface area contributed by atoms with E-state index < -0.39 is 11.9 Å². The fraction of sp³-hybridized carbons (Fsp3) is 0.417. The van der Waals surface area contributed by atoms with Gasteiger partial charge in [0, 0.05) is 11.3 Å². The number of hydrogen-bond acceptors (Lipinski definition) is 5. The molecule has 1 saturated heterocycles. The lowest BCUT2D eigenvalue weighted by Crippen LogP contribution is -2.52. The summed E-state index contributed by atoms with van der Waals surface area (Å²) in [6.45, 7) is 1.87. The van der Waals surface area contributed by atoms with Crippen LogP contribution in [0.2, 0.25) is 0 Å². The average molecular weight is 282 g/mol. The first kappa shape index (κ1) is 13.5. The molecule has 7 heteroatoms. The molecule has 0 aromatic carbocycles. The molecule has 19 heavy (non-hydrogen) atoms. The molecule has 1 aromatic heterocycles. The standard InChI is InChI=1S/C12H14N2O4S/c1-6-5-7(12(18-2)19-6)10(16)13-8-3-4-9(15)14-11(8)17/h5,8H,3-4H2,1-2H3,(H,13,16)(H,14,15,17). The van der Waals surface area contributed by atoms with Crippen LogP contribution in [0.3, 0.4) is 0 Å². The van der Waals surface area contributed by atoms with Crippen LogP contribution in [0.25, 0.3) is 0 Å². The van der Waals surface area contributed by atoms with E-state index in [0.29, 0.717) is 17.0 Å². The fourth-order valence-electron chi connectivity index (χ4n) is 1.87. The first-order chi connectivity index (χ1) is 9.01. The van der Waals surface area contributed by atoms with Gasteiger partial charge in [0.2, 0.25) is 11.8 Å². The lowest BCUT2D eigenvalue weighted by molar-refractivity contribution is -0.134. The third-order valence-electron chi connectivity index (χ3n) is 2.80. The number of piperidine rings is 1. The smallest absolute Gasteiger partial charge is 0.256 e. The highest BCUT2D eigenvalue weighted by Gasteiger charge is 2.29. The molecule has 3 amide bonds. The second-order valence-electron chi connectivity index (χ2n) is 4.24. The summed E-state index contributed by atoms with van der Waals surface area (Å²) in [5.41, 5.74) is 0.412. The topological polar surface area (TPSA) is 84.5 Å². The number of carbonyl (C=O) groups excluding carboxylic acids is 3. The Morgan fingerprint density at radius 2 is 2.26 bits per heavy atom. The van der Waals surface area contributed by atoms with Crippen LogP contribution in [-0.4, -0.2) is 30.9 Å². The van der Waals surface area contributed by atoms with Crippen molar-refractivity contribution in [2.75, 3.05) is 7.11 Å². The molecule has 0 aliphatic carbocycles. The Balaban J connectivity index is 2.08. The van der Waals surface area contributed by atoms with Crippen molar-refractivity contribution in [3.8, 4) is 5.06 Å². The van der Waals surface area contributed by atoms with Gasteiger partial charge < -0.3 is 10.1 Å². The zero-order valence-corrected chi connectivity index (χ0v) is 11.4. The van der Waals surface area contributed by atoms with E-state index in [4.69, 9.17) is 4.74 Å². The van der Waals surface area contributed by atoms with Crippen molar-refractivity contribution in [2.24, 2.45) is 0 Å². The molecule has 0 bridgehead atoms. The van der Waals surface area contributed by atoms with Gasteiger partial charge >= 0.3 is 0 Å². The minimum atomic E-state index is -0.671. The predicted molar refractivity (Wildman–Crippen MR) is 69.2 cm³/mol. The van der Waals surface area contributed by atoms with E-state index in [-0.39, 0.29) is 18.2 Å². The van der Waals surface area contributed by atoms with Gasteiger partial charge in [-0.05, 0) is 19.4 Å². The van der Waals surface area contributed by atoms with E-state index >= 15 is 0 Å². The number of amides is 3. The lowest BCUT2D eigenvalue weighted by atomic mass is 10.1. The molecular formula is C12H14N2O4S. The second-order valence-corrected chi connectivity index (χ2v) is 5.46. The molecule has 1 fully saturated rings. The Hall–Kier alpha value is -1.89. The molecular weight excluding hydrogens is 268 g/mol. The minimum Gasteiger partial charge on any atom is -0.487 e. The predicted octanol–water partition coefficient (Wildman–Crippen LogP) is 0.600. The summed E-state index contributed by atoms with van der Waals surface area (Å²) in [4.78, 5) is 35.6. The number of methoxy groups -OCH3 is 1. The van der Waals surface area contributed by atoms with Crippen LogP contribution in [0.15, 0.2) is 6.07 Å². The van der Waals surface area contributed by atoms with Crippen LogP contribution in [-0.2, 0) is 9.59 Å². The summed E-state index contributed by atoms with van der Waals surface area (Å²) in [5.74, 6) is -1.13. The van der Waals surface area contributed by atoms with Crippen molar-refractivity contribution >= 4 is 29.1 Å². The van der Waals surface area contributed by atoms with E-state index in [1.165, 1.54) is 18.4 Å². The van der Waals surface area contributed by atoms with E-state index in [2.05, 4.69) is 10.6 Å². The van der Waals surface area contributed by atoms with Gasteiger partial charge in [-0.15, -0.1) is 11.3 Å². The zero-order chi connectivity index (χ0) is 14.0. The van der Waals surface area contributed by atoms with Gasteiger partial charge in [0.05, 0.1) is 12.7 Å². The van der Waals surface area contributed by atoms with Crippen molar-refractivity contribution in [1.82, 2.24) is 10.6 Å². The average Bonchev–Trinajstić information content (AvgIpc) is 2.74. The summed E-state index contributed by atoms with van der Waals surface area (Å²) in [5, 5.41) is 5.33. The normalized spacial score (nSPS) is 18.9. The number of rotatable bonds is 3. The summed E-state index contributed by atoms with van der Waals surface area (Å²) >= 11 is 1.37. The monoisotopic (exact) mass is 282 g/mol. The Morgan fingerprint density at radius 1 is 1.53 bits per heavy atom. The van der Waals surface area contributed by atoms with Crippen molar-refractivity contribution in [2.45, 2.75) is 25.8 Å². The quantitative estimate of drug-likeness (QED) is 0.795. The molecule has 2 N–H and O–H groups in total. The molecule has 1 atom stereocenters. The molecule has 1 aromatic rings. The highest BCUT2D eigenvalue weighted by Crippen LogP contribution is 2.29. The molecule has 1 aliphatic heterocycles. The van der Waals surface area contributed by atoms with Crippen molar-refractivity contribution in [3.63, 3.8) is 0 Å². The van der Waals surface area contributed by atoms with Gasteiger partial charge in [-0.3, -0.25) is 19.7 Å². The van der Waals surface area contributed by atoms with Gasteiger partial charge in [0.1, 0.15) is 6.04 Å². The number of carbonyl (C=O) groups is 3. The Morgan fingerprint density at radius 3 is 2.89 bits per heavy atom. The number of aryl methyl sites for hydroxylation is 1. The molecule has 0 saturated carbocycles. The van der Waals surface area contributed by atoms with Crippen LogP contribution >= 0.6 is 11.3 Å². The lowest BCUT2D eigenvalue weighted by Gasteiger charge is -2.21. The van der Waals surface area contributed by atoms with Crippen LogP contribution in [0.5, 0.6) is 5.06 Å². The second kappa shape index (κ2) is 5.40. The summed E-state index contributed by atoms with van der Waals surface area (Å²) in [6, 6.07) is 1.04.